The zero-order chi connectivity index (χ0) is 17.6. The lowest BCUT2D eigenvalue weighted by Crippen LogP contribution is -2.43. The van der Waals surface area contributed by atoms with Gasteiger partial charge in [0.1, 0.15) is 5.82 Å². The number of benzene rings is 2. The number of amides is 1. The summed E-state index contributed by atoms with van der Waals surface area (Å²) in [5.74, 6) is -0.887. The van der Waals surface area contributed by atoms with Crippen LogP contribution in [-0.4, -0.2) is 43.7 Å². The molecule has 0 aromatic heterocycles. The zero-order valence-electron chi connectivity index (χ0n) is 14.4. The van der Waals surface area contributed by atoms with Crippen molar-refractivity contribution >= 4 is 5.91 Å². The highest BCUT2D eigenvalue weighted by atomic mass is 19.1. The maximum atomic E-state index is 13.8. The second-order valence-electron chi connectivity index (χ2n) is 6.26. The van der Waals surface area contributed by atoms with E-state index in [4.69, 9.17) is 4.74 Å². The number of hydrogen-bond acceptors (Lipinski definition) is 3. The van der Waals surface area contributed by atoms with Gasteiger partial charge in [0, 0.05) is 19.6 Å². The summed E-state index contributed by atoms with van der Waals surface area (Å²) in [5, 5.41) is 2.89. The van der Waals surface area contributed by atoms with Gasteiger partial charge in [-0.1, -0.05) is 42.0 Å². The molecule has 0 radical (unpaired) electrons. The van der Waals surface area contributed by atoms with Crippen molar-refractivity contribution in [3.05, 3.63) is 71.0 Å². The van der Waals surface area contributed by atoms with Gasteiger partial charge in [0.15, 0.2) is 0 Å². The van der Waals surface area contributed by atoms with Crippen molar-refractivity contribution in [2.45, 2.75) is 13.0 Å². The number of hydrogen-bond donors (Lipinski definition) is 1. The number of rotatable bonds is 5. The van der Waals surface area contributed by atoms with Crippen LogP contribution in [0, 0.1) is 12.7 Å². The van der Waals surface area contributed by atoms with Crippen LogP contribution in [0.5, 0.6) is 0 Å². The Morgan fingerprint density at radius 3 is 2.52 bits per heavy atom. The summed E-state index contributed by atoms with van der Waals surface area (Å²) in [7, 11) is 0. The van der Waals surface area contributed by atoms with Crippen LogP contribution in [0.15, 0.2) is 48.5 Å². The van der Waals surface area contributed by atoms with E-state index in [0.717, 1.165) is 18.7 Å². The van der Waals surface area contributed by atoms with Gasteiger partial charge in [-0.05, 0) is 24.6 Å². The van der Waals surface area contributed by atoms with Gasteiger partial charge in [0.05, 0.1) is 24.8 Å². The van der Waals surface area contributed by atoms with Crippen molar-refractivity contribution in [1.82, 2.24) is 10.2 Å². The number of nitrogens with zero attached hydrogens (tertiary/aromatic N) is 1. The standard InChI is InChI=1S/C20H23FN2O2/c1-15-6-8-16(9-7-15)19(23-10-12-25-13-11-23)14-22-20(24)17-4-2-3-5-18(17)21/h2-9,19H,10-14H2,1H3,(H,22,24)/t19-/m1/s1. The molecule has 0 spiro atoms. The van der Waals surface area contributed by atoms with Gasteiger partial charge in [-0.2, -0.15) is 0 Å². The average Bonchev–Trinajstić information content (AvgIpc) is 2.64. The van der Waals surface area contributed by atoms with Crippen molar-refractivity contribution in [2.24, 2.45) is 0 Å². The second kappa shape index (κ2) is 8.23. The molecule has 1 aliphatic rings. The molecule has 2 aromatic rings. The molecule has 2 aromatic carbocycles. The minimum absolute atomic E-state index is 0.0419. The predicted octanol–water partition coefficient (Wildman–Crippen LogP) is 2.94. The summed E-state index contributed by atoms with van der Waals surface area (Å²) in [4.78, 5) is 14.6. The minimum atomic E-state index is -0.502. The van der Waals surface area contributed by atoms with E-state index in [9.17, 15) is 9.18 Å². The third-order valence-electron chi connectivity index (χ3n) is 4.52. The molecule has 0 unspecified atom stereocenters. The van der Waals surface area contributed by atoms with Gasteiger partial charge in [0.25, 0.3) is 5.91 Å². The van der Waals surface area contributed by atoms with Gasteiger partial charge in [-0.15, -0.1) is 0 Å². The number of aryl methyl sites for hydroxylation is 1. The normalized spacial score (nSPS) is 16.4. The number of morpholine rings is 1. The van der Waals surface area contributed by atoms with Crippen LogP contribution in [-0.2, 0) is 4.74 Å². The van der Waals surface area contributed by atoms with Crippen LogP contribution >= 0.6 is 0 Å². The Balaban J connectivity index is 1.74. The van der Waals surface area contributed by atoms with Gasteiger partial charge in [0.2, 0.25) is 0 Å². The first-order valence-electron chi connectivity index (χ1n) is 8.56. The highest BCUT2D eigenvalue weighted by Crippen LogP contribution is 2.22. The molecule has 1 N–H and O–H groups in total. The van der Waals surface area contributed by atoms with Gasteiger partial charge >= 0.3 is 0 Å². The highest BCUT2D eigenvalue weighted by molar-refractivity contribution is 5.94. The fraction of sp³-hybridized carbons (Fsp3) is 0.350. The summed E-state index contributed by atoms with van der Waals surface area (Å²) in [5.41, 5.74) is 2.41. The maximum absolute atomic E-state index is 13.8. The molecule has 4 nitrogen and oxygen atoms in total. The lowest BCUT2D eigenvalue weighted by Gasteiger charge is -2.35. The summed E-state index contributed by atoms with van der Waals surface area (Å²) in [6.07, 6.45) is 0. The Bertz CT molecular complexity index is 712. The molecule has 25 heavy (non-hydrogen) atoms. The number of nitrogens with one attached hydrogen (secondary N) is 1. The van der Waals surface area contributed by atoms with E-state index in [-0.39, 0.29) is 17.5 Å². The zero-order valence-corrected chi connectivity index (χ0v) is 14.4. The Morgan fingerprint density at radius 1 is 1.16 bits per heavy atom. The molecular formula is C20H23FN2O2. The summed E-state index contributed by atoms with van der Waals surface area (Å²) >= 11 is 0. The van der Waals surface area contributed by atoms with Crippen LogP contribution in [0.3, 0.4) is 0 Å². The summed E-state index contributed by atoms with van der Waals surface area (Å²) in [6, 6.07) is 14.4. The smallest absolute Gasteiger partial charge is 0.254 e. The first kappa shape index (κ1) is 17.6. The second-order valence-corrected chi connectivity index (χ2v) is 6.26. The molecule has 0 bridgehead atoms. The number of carbonyl (C=O) groups excluding carboxylic acids is 1. The van der Waals surface area contributed by atoms with E-state index in [1.165, 1.54) is 17.7 Å². The van der Waals surface area contributed by atoms with Crippen LogP contribution in [0.2, 0.25) is 0 Å². The minimum Gasteiger partial charge on any atom is -0.379 e. The SMILES string of the molecule is Cc1ccc([C@@H](CNC(=O)c2ccccc2F)N2CCOCC2)cc1. The molecule has 1 amide bonds. The van der Waals surface area contributed by atoms with E-state index < -0.39 is 5.82 Å². The topological polar surface area (TPSA) is 41.6 Å². The molecule has 5 heteroatoms. The van der Waals surface area contributed by atoms with Crippen molar-refractivity contribution in [2.75, 3.05) is 32.8 Å². The van der Waals surface area contributed by atoms with Crippen molar-refractivity contribution in [3.8, 4) is 0 Å². The van der Waals surface area contributed by atoms with Crippen LogP contribution < -0.4 is 5.32 Å². The van der Waals surface area contributed by atoms with E-state index in [1.807, 2.05) is 6.92 Å². The van der Waals surface area contributed by atoms with Gasteiger partial charge in [-0.3, -0.25) is 9.69 Å². The fourth-order valence-electron chi connectivity index (χ4n) is 3.07. The Kier molecular flexibility index (Phi) is 5.79. The summed E-state index contributed by atoms with van der Waals surface area (Å²) in [6.45, 7) is 5.47. The lowest BCUT2D eigenvalue weighted by atomic mass is 10.0. The third-order valence-corrected chi connectivity index (χ3v) is 4.52. The Morgan fingerprint density at radius 2 is 1.84 bits per heavy atom. The number of ether oxygens (including phenoxy) is 1. The van der Waals surface area contributed by atoms with Gasteiger partial charge in [-0.25, -0.2) is 4.39 Å². The number of carbonyl (C=O) groups is 1. The van der Waals surface area contributed by atoms with Crippen LogP contribution in [0.25, 0.3) is 0 Å². The predicted molar refractivity (Wildman–Crippen MR) is 95.0 cm³/mol. The molecule has 3 rings (SSSR count). The van der Waals surface area contributed by atoms with E-state index in [1.54, 1.807) is 12.1 Å². The molecule has 1 heterocycles. The van der Waals surface area contributed by atoms with E-state index in [0.29, 0.717) is 19.8 Å². The molecule has 0 aliphatic carbocycles. The van der Waals surface area contributed by atoms with Crippen LogP contribution in [0.1, 0.15) is 27.5 Å². The average molecular weight is 342 g/mol. The maximum Gasteiger partial charge on any atom is 0.254 e. The highest BCUT2D eigenvalue weighted by Gasteiger charge is 2.23. The molecule has 1 fully saturated rings. The molecule has 1 aliphatic heterocycles. The third kappa shape index (κ3) is 4.44. The largest absolute Gasteiger partial charge is 0.379 e. The van der Waals surface area contributed by atoms with E-state index in [2.05, 4.69) is 34.5 Å². The molecule has 0 saturated carbocycles. The first-order valence-corrected chi connectivity index (χ1v) is 8.56. The summed E-state index contributed by atoms with van der Waals surface area (Å²) < 4.78 is 19.2. The first-order chi connectivity index (χ1) is 12.1. The fourth-order valence-corrected chi connectivity index (χ4v) is 3.07. The van der Waals surface area contributed by atoms with Crippen molar-refractivity contribution in [3.63, 3.8) is 0 Å². The Hall–Kier alpha value is -2.24. The molecule has 132 valence electrons. The van der Waals surface area contributed by atoms with Crippen molar-refractivity contribution in [1.29, 1.82) is 0 Å². The molecule has 1 saturated heterocycles. The quantitative estimate of drug-likeness (QED) is 0.908. The van der Waals surface area contributed by atoms with E-state index >= 15 is 0 Å². The number of halogens is 1. The molecule has 1 atom stereocenters. The monoisotopic (exact) mass is 342 g/mol. The van der Waals surface area contributed by atoms with Crippen LogP contribution in [0.4, 0.5) is 4.39 Å². The van der Waals surface area contributed by atoms with Crippen molar-refractivity contribution < 1.29 is 13.9 Å². The van der Waals surface area contributed by atoms with Gasteiger partial charge < -0.3 is 10.1 Å². The molecular weight excluding hydrogens is 319 g/mol. The Labute approximate surface area is 147 Å². The lowest BCUT2D eigenvalue weighted by molar-refractivity contribution is 0.0162.